The Morgan fingerprint density at radius 3 is 2.69 bits per heavy atom. The summed E-state index contributed by atoms with van der Waals surface area (Å²) in [6, 6.07) is 5.13. The van der Waals surface area contributed by atoms with Crippen molar-refractivity contribution < 1.29 is 19.8 Å². The molecule has 0 aromatic heterocycles. The highest BCUT2D eigenvalue weighted by Crippen LogP contribution is 2.23. The van der Waals surface area contributed by atoms with Gasteiger partial charge in [0.2, 0.25) is 11.8 Å². The number of hydrogen-bond donors (Lipinski definition) is 2. The molecular formula is C23H31Cl2N3O4. The van der Waals surface area contributed by atoms with Crippen molar-refractivity contribution in [2.75, 3.05) is 45.8 Å². The van der Waals surface area contributed by atoms with Crippen molar-refractivity contribution in [2.24, 2.45) is 5.92 Å². The Morgan fingerprint density at radius 1 is 1.19 bits per heavy atom. The first-order valence-corrected chi connectivity index (χ1v) is 11.8. The maximum atomic E-state index is 12.6. The molecule has 2 amide bonds. The number of benzene rings is 1. The molecule has 1 unspecified atom stereocenters. The Morgan fingerprint density at radius 2 is 1.97 bits per heavy atom. The molecule has 2 fully saturated rings. The van der Waals surface area contributed by atoms with Gasteiger partial charge < -0.3 is 20.0 Å². The van der Waals surface area contributed by atoms with Crippen LogP contribution in [0.3, 0.4) is 0 Å². The van der Waals surface area contributed by atoms with Gasteiger partial charge in [-0.25, -0.2) is 0 Å². The molecule has 0 spiro atoms. The maximum absolute atomic E-state index is 12.6. The average Bonchev–Trinajstić information content (AvgIpc) is 2.93. The Hall–Kier alpha value is -1.64. The van der Waals surface area contributed by atoms with Gasteiger partial charge in [-0.05, 0) is 42.7 Å². The minimum absolute atomic E-state index is 0.0693. The molecule has 2 aliphatic rings. The van der Waals surface area contributed by atoms with Gasteiger partial charge in [-0.1, -0.05) is 36.2 Å². The lowest BCUT2D eigenvalue weighted by Crippen LogP contribution is -2.48. The van der Waals surface area contributed by atoms with Gasteiger partial charge in [-0.3, -0.25) is 14.5 Å². The van der Waals surface area contributed by atoms with Crippen molar-refractivity contribution in [2.45, 2.75) is 32.0 Å². The molecule has 0 bridgehead atoms. The highest BCUT2D eigenvalue weighted by molar-refractivity contribution is 6.42. The number of aliphatic hydroxyl groups excluding tert-OH is 2. The number of piperidine rings is 1. The molecule has 7 nitrogen and oxygen atoms in total. The number of halogens is 2. The van der Waals surface area contributed by atoms with Crippen molar-refractivity contribution >= 4 is 41.1 Å². The second kappa shape index (κ2) is 11.5. The molecule has 3 rings (SSSR count). The van der Waals surface area contributed by atoms with Gasteiger partial charge in [-0.2, -0.15) is 0 Å². The van der Waals surface area contributed by atoms with Crippen molar-refractivity contribution in [3.05, 3.63) is 39.9 Å². The van der Waals surface area contributed by atoms with E-state index in [-0.39, 0.29) is 36.8 Å². The van der Waals surface area contributed by atoms with Gasteiger partial charge in [0, 0.05) is 51.8 Å². The van der Waals surface area contributed by atoms with Crippen LogP contribution >= 0.6 is 23.2 Å². The van der Waals surface area contributed by atoms with Crippen LogP contribution in [0.25, 0.3) is 6.08 Å². The average molecular weight is 484 g/mol. The van der Waals surface area contributed by atoms with Gasteiger partial charge >= 0.3 is 0 Å². The summed E-state index contributed by atoms with van der Waals surface area (Å²) in [4.78, 5) is 30.4. The van der Waals surface area contributed by atoms with Crippen LogP contribution in [0.4, 0.5) is 0 Å². The Balaban J connectivity index is 1.50. The molecule has 176 valence electrons. The first kappa shape index (κ1) is 25.0. The van der Waals surface area contributed by atoms with E-state index in [9.17, 15) is 19.8 Å². The minimum atomic E-state index is -0.698. The summed E-state index contributed by atoms with van der Waals surface area (Å²) in [6.45, 7) is 5.17. The summed E-state index contributed by atoms with van der Waals surface area (Å²) in [5.41, 5.74) is 0.764. The topological polar surface area (TPSA) is 84.3 Å². The minimum Gasteiger partial charge on any atom is -0.392 e. The maximum Gasteiger partial charge on any atom is 0.246 e. The molecule has 3 atom stereocenters. The first-order chi connectivity index (χ1) is 15.2. The Labute approximate surface area is 199 Å². The van der Waals surface area contributed by atoms with Crippen LogP contribution in [0.1, 0.15) is 25.3 Å². The fourth-order valence-corrected chi connectivity index (χ4v) is 4.37. The Bertz CT molecular complexity index is 851. The van der Waals surface area contributed by atoms with Gasteiger partial charge in [0.05, 0.1) is 22.3 Å². The highest BCUT2D eigenvalue weighted by atomic mass is 35.5. The summed E-state index contributed by atoms with van der Waals surface area (Å²) >= 11 is 11.9. The molecule has 2 saturated heterocycles. The third-order valence-corrected chi connectivity index (χ3v) is 6.90. The molecule has 0 radical (unpaired) electrons. The number of rotatable bonds is 6. The monoisotopic (exact) mass is 483 g/mol. The fraction of sp³-hybridized carbons (Fsp3) is 0.565. The summed E-state index contributed by atoms with van der Waals surface area (Å²) < 4.78 is 0. The number of likely N-dealkylation sites (tertiary alicyclic amines) is 1. The predicted molar refractivity (Wildman–Crippen MR) is 126 cm³/mol. The second-order valence-electron chi connectivity index (χ2n) is 8.67. The number of aliphatic hydroxyl groups is 2. The second-order valence-corrected chi connectivity index (χ2v) is 9.48. The number of carbonyl (C=O) groups is 2. The summed E-state index contributed by atoms with van der Waals surface area (Å²) in [6.07, 6.45) is 3.18. The van der Waals surface area contributed by atoms with Crippen molar-refractivity contribution in [3.63, 3.8) is 0 Å². The first-order valence-electron chi connectivity index (χ1n) is 11.0. The third kappa shape index (κ3) is 6.93. The van der Waals surface area contributed by atoms with Crippen LogP contribution in [0.5, 0.6) is 0 Å². The van der Waals surface area contributed by atoms with Crippen LogP contribution < -0.4 is 0 Å². The predicted octanol–water partition coefficient (Wildman–Crippen LogP) is 2.13. The van der Waals surface area contributed by atoms with E-state index in [1.54, 1.807) is 34.1 Å². The normalized spacial score (nSPS) is 24.1. The molecule has 2 aliphatic heterocycles. The van der Waals surface area contributed by atoms with E-state index < -0.39 is 6.10 Å². The quantitative estimate of drug-likeness (QED) is 0.605. The fourth-order valence-electron chi connectivity index (χ4n) is 4.06. The zero-order valence-electron chi connectivity index (χ0n) is 18.3. The van der Waals surface area contributed by atoms with Gasteiger partial charge in [0.25, 0.3) is 0 Å². The van der Waals surface area contributed by atoms with E-state index >= 15 is 0 Å². The molecule has 2 N–H and O–H groups in total. The van der Waals surface area contributed by atoms with Crippen LogP contribution in [-0.4, -0.2) is 94.7 Å². The third-order valence-electron chi connectivity index (χ3n) is 6.16. The molecular weight excluding hydrogens is 453 g/mol. The Kier molecular flexibility index (Phi) is 8.96. The van der Waals surface area contributed by atoms with E-state index in [0.29, 0.717) is 42.8 Å². The molecule has 1 aromatic carbocycles. The van der Waals surface area contributed by atoms with Crippen LogP contribution in [0.2, 0.25) is 10.0 Å². The number of hydrogen-bond acceptors (Lipinski definition) is 5. The van der Waals surface area contributed by atoms with E-state index in [1.807, 2.05) is 11.8 Å². The standard InChI is InChI=1S/C23H31Cl2N3O4/c1-16-6-8-26(15-21(16)30)13-18(29)14-28-11-10-27(9-7-23(28)32)22(31)5-3-17-2-4-19(24)20(25)12-17/h2-5,12,16,18,21,29-30H,6-11,13-15H2,1H3/t16-,18?,21-/m0/s1. The van der Waals surface area contributed by atoms with E-state index in [1.165, 1.54) is 6.08 Å². The lowest BCUT2D eigenvalue weighted by molar-refractivity contribution is -0.132. The van der Waals surface area contributed by atoms with E-state index in [0.717, 1.165) is 18.5 Å². The molecule has 1 aromatic rings. The summed E-state index contributed by atoms with van der Waals surface area (Å²) in [5.74, 6) is 0.0210. The summed E-state index contributed by atoms with van der Waals surface area (Å²) in [5, 5.41) is 21.4. The number of carbonyl (C=O) groups excluding carboxylic acids is 2. The number of nitrogens with zero attached hydrogens (tertiary/aromatic N) is 3. The molecule has 32 heavy (non-hydrogen) atoms. The van der Waals surface area contributed by atoms with Crippen molar-refractivity contribution in [1.82, 2.24) is 14.7 Å². The van der Waals surface area contributed by atoms with Crippen LogP contribution in [-0.2, 0) is 9.59 Å². The highest BCUT2D eigenvalue weighted by Gasteiger charge is 2.28. The molecule has 9 heteroatoms. The molecule has 0 saturated carbocycles. The zero-order chi connectivity index (χ0) is 23.3. The molecule has 2 heterocycles. The zero-order valence-corrected chi connectivity index (χ0v) is 19.8. The SMILES string of the molecule is C[C@H]1CCN(CC(O)CN2CCN(C(=O)C=Cc3ccc(Cl)c(Cl)c3)CCC2=O)C[C@@H]1O. The lowest BCUT2D eigenvalue weighted by atomic mass is 9.96. The number of β-amino-alcohol motifs (C(OH)–C–C–N with tert-alkyl or cyclic N) is 2. The smallest absolute Gasteiger partial charge is 0.246 e. The van der Waals surface area contributed by atoms with E-state index in [4.69, 9.17) is 23.2 Å². The molecule has 0 aliphatic carbocycles. The van der Waals surface area contributed by atoms with Crippen LogP contribution in [0.15, 0.2) is 24.3 Å². The number of amides is 2. The summed E-state index contributed by atoms with van der Waals surface area (Å²) in [7, 11) is 0. The largest absolute Gasteiger partial charge is 0.392 e. The van der Waals surface area contributed by atoms with Gasteiger partial charge in [-0.15, -0.1) is 0 Å². The van der Waals surface area contributed by atoms with Crippen LogP contribution in [0, 0.1) is 5.92 Å². The lowest BCUT2D eigenvalue weighted by Gasteiger charge is -2.36. The van der Waals surface area contributed by atoms with Gasteiger partial charge in [0.15, 0.2) is 0 Å². The van der Waals surface area contributed by atoms with E-state index in [2.05, 4.69) is 0 Å². The van der Waals surface area contributed by atoms with Crippen molar-refractivity contribution in [1.29, 1.82) is 0 Å². The van der Waals surface area contributed by atoms with Gasteiger partial charge in [0.1, 0.15) is 0 Å². The van der Waals surface area contributed by atoms with Crippen molar-refractivity contribution in [3.8, 4) is 0 Å².